The van der Waals surface area contributed by atoms with Crippen molar-refractivity contribution in [1.82, 2.24) is 0 Å². The summed E-state index contributed by atoms with van der Waals surface area (Å²) < 4.78 is 38.9. The van der Waals surface area contributed by atoms with Gasteiger partial charge in [0.25, 0.3) is 0 Å². The Balaban J connectivity index is 3.00. The molecule has 0 aromatic heterocycles. The monoisotopic (exact) mass is 236 g/mol. The van der Waals surface area contributed by atoms with Crippen molar-refractivity contribution in [3.05, 3.63) is 0 Å². The van der Waals surface area contributed by atoms with Gasteiger partial charge in [-0.1, -0.05) is 12.8 Å². The molecule has 80 valence electrons. The largest absolute Gasteiger partial charge is 0.467 e. The van der Waals surface area contributed by atoms with E-state index in [0.29, 0.717) is 12.3 Å². The molecule has 0 saturated heterocycles. The first-order valence-electron chi connectivity index (χ1n) is 3.99. The van der Waals surface area contributed by atoms with Crippen LogP contribution in [0.4, 0.5) is 13.2 Å². The highest BCUT2D eigenvalue weighted by Gasteiger charge is 2.29. The van der Waals surface area contributed by atoms with E-state index in [0.717, 1.165) is 19.3 Å². The van der Waals surface area contributed by atoms with Gasteiger partial charge >= 0.3 is 5.51 Å². The van der Waals surface area contributed by atoms with Crippen molar-refractivity contribution in [3.63, 3.8) is 0 Å². The number of hydrogen-bond acceptors (Lipinski definition) is 2. The molecular formula is C7H12ClF3OS. The molecule has 0 aliphatic carbocycles. The average Bonchev–Trinajstić information content (AvgIpc) is 2.01. The third kappa shape index (κ3) is 12.4. The van der Waals surface area contributed by atoms with Crippen molar-refractivity contribution in [1.29, 1.82) is 0 Å². The van der Waals surface area contributed by atoms with Crippen LogP contribution in [0.1, 0.15) is 25.7 Å². The molecule has 0 aliphatic rings. The number of halogens is 4. The summed E-state index contributed by atoms with van der Waals surface area (Å²) in [6.45, 7) is 0.145. The van der Waals surface area contributed by atoms with Crippen LogP contribution in [0.3, 0.4) is 0 Å². The molecule has 0 radical (unpaired) electrons. The van der Waals surface area contributed by atoms with Gasteiger partial charge in [0.1, 0.15) is 12.0 Å². The van der Waals surface area contributed by atoms with Gasteiger partial charge in [0, 0.05) is 5.88 Å². The Morgan fingerprint density at radius 1 is 1.08 bits per heavy atom. The summed E-state index contributed by atoms with van der Waals surface area (Å²) in [7, 11) is 0. The lowest BCUT2D eigenvalue weighted by Gasteiger charge is -2.04. The van der Waals surface area contributed by atoms with E-state index in [9.17, 15) is 13.2 Å². The summed E-state index contributed by atoms with van der Waals surface area (Å²) >= 11 is 4.99. The SMILES string of the molecule is FC(F)(F)SOCCCCCCCl. The van der Waals surface area contributed by atoms with Gasteiger partial charge in [-0.15, -0.1) is 11.6 Å². The lowest BCUT2D eigenvalue weighted by molar-refractivity contribution is -0.0397. The summed E-state index contributed by atoms with van der Waals surface area (Å²) in [6, 6.07) is 0. The third-order valence-corrected chi connectivity index (χ3v) is 2.01. The topological polar surface area (TPSA) is 9.23 Å². The molecule has 0 aromatic carbocycles. The first-order chi connectivity index (χ1) is 6.06. The minimum atomic E-state index is -4.28. The molecule has 0 unspecified atom stereocenters. The van der Waals surface area contributed by atoms with Crippen LogP contribution < -0.4 is 0 Å². The summed E-state index contributed by atoms with van der Waals surface area (Å²) in [5, 5.41) is 0. The number of alkyl halides is 4. The van der Waals surface area contributed by atoms with Gasteiger partial charge in [0.15, 0.2) is 0 Å². The average molecular weight is 237 g/mol. The number of unbranched alkanes of at least 4 members (excludes halogenated alkanes) is 3. The van der Waals surface area contributed by atoms with Crippen LogP contribution in [0.2, 0.25) is 0 Å². The second-order valence-corrected chi connectivity index (χ2v) is 3.70. The first-order valence-corrected chi connectivity index (χ1v) is 5.27. The lowest BCUT2D eigenvalue weighted by Crippen LogP contribution is -2.01. The molecule has 0 N–H and O–H groups in total. The maximum atomic E-state index is 11.5. The smallest absolute Gasteiger partial charge is 0.308 e. The molecule has 0 aliphatic heterocycles. The predicted octanol–water partition coefficient (Wildman–Crippen LogP) is 3.97. The summed E-state index contributed by atoms with van der Waals surface area (Å²) in [4.78, 5) is 0. The zero-order chi connectivity index (χ0) is 10.2. The van der Waals surface area contributed by atoms with E-state index >= 15 is 0 Å². The fourth-order valence-corrected chi connectivity index (χ4v) is 1.24. The van der Waals surface area contributed by atoms with Crippen LogP contribution in [0.25, 0.3) is 0 Å². The van der Waals surface area contributed by atoms with Crippen LogP contribution in [-0.2, 0) is 4.18 Å². The van der Waals surface area contributed by atoms with Crippen molar-refractivity contribution in [2.24, 2.45) is 0 Å². The van der Waals surface area contributed by atoms with Crippen molar-refractivity contribution in [2.45, 2.75) is 31.2 Å². The Hall–Kier alpha value is 0.390. The van der Waals surface area contributed by atoms with Gasteiger partial charge in [-0.2, -0.15) is 13.2 Å². The third-order valence-electron chi connectivity index (χ3n) is 1.26. The van der Waals surface area contributed by atoms with E-state index in [1.807, 2.05) is 0 Å². The summed E-state index contributed by atoms with van der Waals surface area (Å²) in [5.74, 6) is 0.609. The van der Waals surface area contributed by atoms with E-state index in [4.69, 9.17) is 11.6 Å². The van der Waals surface area contributed by atoms with E-state index in [1.165, 1.54) is 0 Å². The minimum absolute atomic E-state index is 0.145. The quantitative estimate of drug-likeness (QED) is 0.376. The highest BCUT2D eigenvalue weighted by atomic mass is 35.5. The standard InChI is InChI=1S/C7H12ClF3OS/c8-5-3-1-2-4-6-12-13-7(9,10)11/h1-6H2. The molecule has 6 heteroatoms. The van der Waals surface area contributed by atoms with Gasteiger partial charge < -0.3 is 4.18 Å². The lowest BCUT2D eigenvalue weighted by atomic mass is 10.2. The predicted molar refractivity (Wildman–Crippen MR) is 48.8 cm³/mol. The van der Waals surface area contributed by atoms with Gasteiger partial charge in [-0.25, -0.2) is 0 Å². The fourth-order valence-electron chi connectivity index (χ4n) is 0.718. The molecule has 0 bridgehead atoms. The molecule has 1 nitrogen and oxygen atoms in total. The molecule has 0 amide bonds. The van der Waals surface area contributed by atoms with Crippen LogP contribution in [0, 0.1) is 0 Å². The molecule has 0 spiro atoms. The maximum absolute atomic E-state index is 11.5. The zero-order valence-electron chi connectivity index (χ0n) is 7.07. The molecule has 0 heterocycles. The number of hydrogen-bond donors (Lipinski definition) is 0. The molecule has 0 aromatic rings. The number of rotatable bonds is 7. The Morgan fingerprint density at radius 2 is 1.69 bits per heavy atom. The normalized spacial score (nSPS) is 12.0. The van der Waals surface area contributed by atoms with Crippen LogP contribution >= 0.6 is 23.6 Å². The van der Waals surface area contributed by atoms with Gasteiger partial charge in [-0.05, 0) is 12.8 Å². The second-order valence-electron chi connectivity index (χ2n) is 2.45. The van der Waals surface area contributed by atoms with Gasteiger partial charge in [0.2, 0.25) is 0 Å². The molecular weight excluding hydrogens is 225 g/mol. The summed E-state index contributed by atoms with van der Waals surface area (Å²) in [6.07, 6.45) is 3.38. The molecule has 0 saturated carbocycles. The molecule has 13 heavy (non-hydrogen) atoms. The summed E-state index contributed by atoms with van der Waals surface area (Å²) in [5.41, 5.74) is -4.28. The fraction of sp³-hybridized carbons (Fsp3) is 1.00. The Bertz CT molecular complexity index is 121. The molecule has 0 rings (SSSR count). The van der Waals surface area contributed by atoms with E-state index < -0.39 is 17.6 Å². The van der Waals surface area contributed by atoms with Crippen molar-refractivity contribution in [2.75, 3.05) is 12.5 Å². The Labute approximate surface area is 85.2 Å². The zero-order valence-corrected chi connectivity index (χ0v) is 8.64. The van der Waals surface area contributed by atoms with E-state index in [2.05, 4.69) is 4.18 Å². The van der Waals surface area contributed by atoms with Crippen LogP contribution in [0.15, 0.2) is 0 Å². The van der Waals surface area contributed by atoms with Gasteiger partial charge in [-0.3, -0.25) is 0 Å². The van der Waals surface area contributed by atoms with Crippen LogP contribution in [0.5, 0.6) is 0 Å². The molecule has 0 fully saturated rings. The van der Waals surface area contributed by atoms with Crippen LogP contribution in [-0.4, -0.2) is 18.0 Å². The van der Waals surface area contributed by atoms with E-state index in [1.54, 1.807) is 0 Å². The van der Waals surface area contributed by atoms with Crippen molar-refractivity contribution in [3.8, 4) is 0 Å². The van der Waals surface area contributed by atoms with Crippen molar-refractivity contribution < 1.29 is 17.4 Å². The second kappa shape index (κ2) is 7.76. The Morgan fingerprint density at radius 3 is 2.23 bits per heavy atom. The first kappa shape index (κ1) is 13.4. The van der Waals surface area contributed by atoms with Crippen molar-refractivity contribution >= 4 is 23.6 Å². The van der Waals surface area contributed by atoms with E-state index in [-0.39, 0.29) is 6.61 Å². The highest BCUT2D eigenvalue weighted by Crippen LogP contribution is 2.30. The highest BCUT2D eigenvalue weighted by molar-refractivity contribution is 7.95. The minimum Gasteiger partial charge on any atom is -0.308 e. The molecule has 0 atom stereocenters. The Kier molecular flexibility index (Phi) is 8.00. The maximum Gasteiger partial charge on any atom is 0.467 e. The van der Waals surface area contributed by atoms with Gasteiger partial charge in [0.05, 0.1) is 6.61 Å².